The normalized spacial score (nSPS) is 9.83. The van der Waals surface area contributed by atoms with E-state index in [9.17, 15) is 0 Å². The smallest absolute Gasteiger partial charge is 0.145 e. The standard InChI is InChI=1S/C14H12N2O2/c1-10-2-4-13(8-16-10)18-14-5-3-11(9-17)6-12(14)7-15/h2-6,8,17H,9H2,1H3. The van der Waals surface area contributed by atoms with Crippen LogP contribution in [0.3, 0.4) is 0 Å². The van der Waals surface area contributed by atoms with Gasteiger partial charge in [-0.3, -0.25) is 4.98 Å². The maximum absolute atomic E-state index is 9.03. The van der Waals surface area contributed by atoms with Crippen LogP contribution in [0.15, 0.2) is 36.5 Å². The summed E-state index contributed by atoms with van der Waals surface area (Å²) in [5.74, 6) is 1.04. The molecule has 1 aromatic heterocycles. The number of aliphatic hydroxyl groups excluding tert-OH is 1. The molecule has 0 amide bonds. The van der Waals surface area contributed by atoms with Crippen LogP contribution < -0.4 is 4.74 Å². The molecule has 0 fully saturated rings. The lowest BCUT2D eigenvalue weighted by Gasteiger charge is -2.08. The van der Waals surface area contributed by atoms with Gasteiger partial charge in [0.1, 0.15) is 17.6 Å². The molecule has 0 bridgehead atoms. The zero-order chi connectivity index (χ0) is 13.0. The fraction of sp³-hybridized carbons (Fsp3) is 0.143. The maximum atomic E-state index is 9.03. The lowest BCUT2D eigenvalue weighted by molar-refractivity contribution is 0.281. The Kier molecular flexibility index (Phi) is 3.56. The van der Waals surface area contributed by atoms with Crippen molar-refractivity contribution in [2.75, 3.05) is 0 Å². The van der Waals surface area contributed by atoms with Gasteiger partial charge in [0.15, 0.2) is 0 Å². The average Bonchev–Trinajstić information content (AvgIpc) is 2.41. The Hall–Kier alpha value is -2.38. The van der Waals surface area contributed by atoms with E-state index < -0.39 is 0 Å². The van der Waals surface area contributed by atoms with Gasteiger partial charge >= 0.3 is 0 Å². The van der Waals surface area contributed by atoms with Gasteiger partial charge in [-0.05, 0) is 36.8 Å². The zero-order valence-electron chi connectivity index (χ0n) is 9.92. The molecule has 90 valence electrons. The first kappa shape index (κ1) is 12.1. The molecule has 0 aliphatic heterocycles. The summed E-state index contributed by atoms with van der Waals surface area (Å²) in [7, 11) is 0. The van der Waals surface area contributed by atoms with Gasteiger partial charge in [0.05, 0.1) is 18.4 Å². The van der Waals surface area contributed by atoms with Crippen LogP contribution in [0.2, 0.25) is 0 Å². The maximum Gasteiger partial charge on any atom is 0.145 e. The van der Waals surface area contributed by atoms with Crippen molar-refractivity contribution < 1.29 is 9.84 Å². The van der Waals surface area contributed by atoms with Crippen molar-refractivity contribution in [1.29, 1.82) is 5.26 Å². The molecule has 0 unspecified atom stereocenters. The number of rotatable bonds is 3. The summed E-state index contributed by atoms with van der Waals surface area (Å²) in [6.45, 7) is 1.79. The molecule has 0 atom stereocenters. The number of aromatic nitrogens is 1. The number of benzene rings is 1. The number of pyridine rings is 1. The van der Waals surface area contributed by atoms with Crippen molar-refractivity contribution in [3.63, 3.8) is 0 Å². The second kappa shape index (κ2) is 5.30. The van der Waals surface area contributed by atoms with Crippen molar-refractivity contribution >= 4 is 0 Å². The van der Waals surface area contributed by atoms with Crippen LogP contribution in [0.4, 0.5) is 0 Å². The molecule has 4 nitrogen and oxygen atoms in total. The van der Waals surface area contributed by atoms with E-state index in [0.29, 0.717) is 22.6 Å². The third-order valence-corrected chi connectivity index (χ3v) is 2.46. The Labute approximate surface area is 105 Å². The minimum Gasteiger partial charge on any atom is -0.454 e. The van der Waals surface area contributed by atoms with Crippen molar-refractivity contribution in [2.45, 2.75) is 13.5 Å². The van der Waals surface area contributed by atoms with Crippen molar-refractivity contribution in [2.24, 2.45) is 0 Å². The third-order valence-electron chi connectivity index (χ3n) is 2.46. The first-order valence-corrected chi connectivity index (χ1v) is 5.47. The van der Waals surface area contributed by atoms with E-state index in [1.54, 1.807) is 30.5 Å². The first-order valence-electron chi connectivity index (χ1n) is 5.47. The molecule has 0 aliphatic rings. The number of aliphatic hydroxyl groups is 1. The Bertz CT molecular complexity index is 586. The second-order valence-corrected chi connectivity index (χ2v) is 3.84. The number of hydrogen-bond acceptors (Lipinski definition) is 4. The number of aryl methyl sites for hydroxylation is 1. The highest BCUT2D eigenvalue weighted by Crippen LogP contribution is 2.25. The predicted octanol–water partition coefficient (Wildman–Crippen LogP) is 2.55. The van der Waals surface area contributed by atoms with E-state index in [0.717, 1.165) is 5.69 Å². The SMILES string of the molecule is Cc1ccc(Oc2ccc(CO)cc2C#N)cn1. The first-order chi connectivity index (χ1) is 8.72. The molecule has 0 radical (unpaired) electrons. The fourth-order valence-electron chi connectivity index (χ4n) is 1.49. The fourth-order valence-corrected chi connectivity index (χ4v) is 1.49. The number of nitrogens with zero attached hydrogens (tertiary/aromatic N) is 2. The second-order valence-electron chi connectivity index (χ2n) is 3.84. The molecule has 2 aromatic rings. The van der Waals surface area contributed by atoms with Gasteiger partial charge in [0.25, 0.3) is 0 Å². The van der Waals surface area contributed by atoms with Gasteiger partial charge in [0, 0.05) is 5.69 Å². The minimum absolute atomic E-state index is 0.0962. The summed E-state index contributed by atoms with van der Waals surface area (Å²) >= 11 is 0. The highest BCUT2D eigenvalue weighted by atomic mass is 16.5. The zero-order valence-corrected chi connectivity index (χ0v) is 9.92. The molecular weight excluding hydrogens is 228 g/mol. The monoisotopic (exact) mass is 240 g/mol. The summed E-state index contributed by atoms with van der Waals surface area (Å²) in [6.07, 6.45) is 1.61. The summed E-state index contributed by atoms with van der Waals surface area (Å²) in [6, 6.07) is 10.7. The highest BCUT2D eigenvalue weighted by Gasteiger charge is 2.06. The molecule has 2 rings (SSSR count). The Morgan fingerprint density at radius 3 is 2.78 bits per heavy atom. The summed E-state index contributed by atoms with van der Waals surface area (Å²) in [4.78, 5) is 4.12. The van der Waals surface area contributed by atoms with Crippen molar-refractivity contribution in [1.82, 2.24) is 4.98 Å². The van der Waals surface area contributed by atoms with E-state index in [2.05, 4.69) is 4.98 Å². The third kappa shape index (κ3) is 2.65. The van der Waals surface area contributed by atoms with Gasteiger partial charge in [-0.2, -0.15) is 5.26 Å². The molecule has 0 saturated carbocycles. The topological polar surface area (TPSA) is 66.1 Å². The van der Waals surface area contributed by atoms with Crippen LogP contribution in [0, 0.1) is 18.3 Å². The lowest BCUT2D eigenvalue weighted by atomic mass is 10.1. The van der Waals surface area contributed by atoms with Crippen LogP contribution in [-0.4, -0.2) is 10.1 Å². The van der Waals surface area contributed by atoms with Crippen LogP contribution in [0.1, 0.15) is 16.8 Å². The van der Waals surface area contributed by atoms with Crippen molar-refractivity contribution in [3.8, 4) is 17.6 Å². The van der Waals surface area contributed by atoms with Gasteiger partial charge in [-0.1, -0.05) is 6.07 Å². The van der Waals surface area contributed by atoms with E-state index in [1.807, 2.05) is 19.1 Å². The Morgan fingerprint density at radius 2 is 2.17 bits per heavy atom. The molecule has 1 N–H and O–H groups in total. The van der Waals surface area contributed by atoms with Gasteiger partial charge in [-0.25, -0.2) is 0 Å². The number of ether oxygens (including phenoxy) is 1. The molecule has 1 aromatic carbocycles. The van der Waals surface area contributed by atoms with Gasteiger partial charge in [0.2, 0.25) is 0 Å². The molecule has 0 spiro atoms. The summed E-state index contributed by atoms with van der Waals surface area (Å²) in [5, 5.41) is 18.0. The predicted molar refractivity (Wildman–Crippen MR) is 66.1 cm³/mol. The van der Waals surface area contributed by atoms with Crippen LogP contribution in [0.5, 0.6) is 11.5 Å². The summed E-state index contributed by atoms with van der Waals surface area (Å²) < 4.78 is 5.59. The molecule has 4 heteroatoms. The quantitative estimate of drug-likeness (QED) is 0.895. The van der Waals surface area contributed by atoms with Gasteiger partial charge in [-0.15, -0.1) is 0 Å². The lowest BCUT2D eigenvalue weighted by Crippen LogP contribution is -1.92. The Balaban J connectivity index is 2.29. The van der Waals surface area contributed by atoms with E-state index in [-0.39, 0.29) is 6.61 Å². The molecular formula is C14H12N2O2. The Morgan fingerprint density at radius 1 is 1.33 bits per heavy atom. The van der Waals surface area contributed by atoms with Crippen molar-refractivity contribution in [3.05, 3.63) is 53.3 Å². The van der Waals surface area contributed by atoms with Gasteiger partial charge < -0.3 is 9.84 Å². The molecule has 18 heavy (non-hydrogen) atoms. The van der Waals surface area contributed by atoms with E-state index in [4.69, 9.17) is 15.1 Å². The largest absolute Gasteiger partial charge is 0.454 e. The molecule has 0 aliphatic carbocycles. The van der Waals surface area contributed by atoms with E-state index >= 15 is 0 Å². The average molecular weight is 240 g/mol. The number of nitriles is 1. The highest BCUT2D eigenvalue weighted by molar-refractivity contribution is 5.47. The minimum atomic E-state index is -0.0962. The van der Waals surface area contributed by atoms with Crippen LogP contribution >= 0.6 is 0 Å². The number of hydrogen-bond donors (Lipinski definition) is 1. The van der Waals surface area contributed by atoms with Crippen LogP contribution in [0.25, 0.3) is 0 Å². The van der Waals surface area contributed by atoms with Crippen LogP contribution in [-0.2, 0) is 6.61 Å². The molecule has 1 heterocycles. The summed E-state index contributed by atoms with van der Waals surface area (Å²) in [5.41, 5.74) is 1.97. The molecule has 0 saturated heterocycles. The van der Waals surface area contributed by atoms with E-state index in [1.165, 1.54) is 0 Å².